The number of aryl methyl sites for hydroxylation is 4. The van der Waals surface area contributed by atoms with E-state index in [1.807, 2.05) is 34.7 Å². The fourth-order valence-electron chi connectivity index (χ4n) is 3.99. The van der Waals surface area contributed by atoms with Crippen molar-refractivity contribution in [3.8, 4) is 11.3 Å². The van der Waals surface area contributed by atoms with Gasteiger partial charge in [-0.2, -0.15) is 10.2 Å². The van der Waals surface area contributed by atoms with Gasteiger partial charge in [0.2, 0.25) is 5.95 Å². The quantitative estimate of drug-likeness (QED) is 0.569. The van der Waals surface area contributed by atoms with Gasteiger partial charge in [0.25, 0.3) is 0 Å². The zero-order valence-corrected chi connectivity index (χ0v) is 16.6. The monoisotopic (exact) mass is 385 g/mol. The average Bonchev–Trinajstić information content (AvgIpc) is 3.32. The average molecular weight is 385 g/mol. The topological polar surface area (TPSA) is 73.5 Å². The summed E-state index contributed by atoms with van der Waals surface area (Å²) >= 11 is 0. The smallest absolute Gasteiger partial charge is 0.228 e. The van der Waals surface area contributed by atoms with Crippen LogP contribution in [0.1, 0.15) is 29.4 Å². The Morgan fingerprint density at radius 2 is 1.97 bits per heavy atom. The Kier molecular flexibility index (Phi) is 4.35. The highest BCUT2D eigenvalue weighted by atomic mass is 15.3. The first-order chi connectivity index (χ1) is 14.2. The van der Waals surface area contributed by atoms with Crippen LogP contribution in [-0.2, 0) is 32.9 Å². The molecule has 0 fully saturated rings. The second-order valence-corrected chi connectivity index (χ2v) is 7.28. The number of hydrogen-bond donors (Lipinski definition) is 1. The van der Waals surface area contributed by atoms with Crippen LogP contribution in [0, 0.1) is 0 Å². The summed E-state index contributed by atoms with van der Waals surface area (Å²) in [5.74, 6) is 1.47. The molecule has 1 aliphatic rings. The number of nitrogens with one attached hydrogen (secondary N) is 1. The van der Waals surface area contributed by atoms with Crippen molar-refractivity contribution < 1.29 is 0 Å². The lowest BCUT2D eigenvalue weighted by molar-refractivity contribution is 0.667. The van der Waals surface area contributed by atoms with Crippen LogP contribution in [0.4, 0.5) is 11.8 Å². The minimum Gasteiger partial charge on any atom is -0.309 e. The van der Waals surface area contributed by atoms with Crippen molar-refractivity contribution in [1.82, 2.24) is 29.5 Å². The third kappa shape index (κ3) is 3.18. The number of fused-ring (bicyclic) bond motifs is 3. The molecule has 1 aliphatic carbocycles. The van der Waals surface area contributed by atoms with Crippen molar-refractivity contribution in [2.75, 3.05) is 5.32 Å². The van der Waals surface area contributed by atoms with Gasteiger partial charge in [0.1, 0.15) is 5.82 Å². The summed E-state index contributed by atoms with van der Waals surface area (Å²) in [6.07, 6.45) is 6.39. The van der Waals surface area contributed by atoms with E-state index >= 15 is 0 Å². The van der Waals surface area contributed by atoms with E-state index < -0.39 is 0 Å². The second-order valence-electron chi connectivity index (χ2n) is 7.28. The van der Waals surface area contributed by atoms with Crippen LogP contribution in [0.25, 0.3) is 11.3 Å². The summed E-state index contributed by atoms with van der Waals surface area (Å²) < 4.78 is 3.90. The third-order valence-electron chi connectivity index (χ3n) is 5.44. The summed E-state index contributed by atoms with van der Waals surface area (Å²) in [5, 5.41) is 12.4. The molecule has 1 aromatic carbocycles. The maximum Gasteiger partial charge on any atom is 0.228 e. The van der Waals surface area contributed by atoms with Crippen molar-refractivity contribution >= 4 is 11.8 Å². The van der Waals surface area contributed by atoms with E-state index in [0.717, 1.165) is 48.6 Å². The second kappa shape index (κ2) is 7.16. The molecule has 1 N–H and O–H groups in total. The SMILES string of the molecule is CCn1nccc1Nc1ncc2c(n1)-c1c(nn(C)c1Cc1ccccc1)CC2. The fourth-order valence-corrected chi connectivity index (χ4v) is 3.99. The maximum absolute atomic E-state index is 4.90. The van der Waals surface area contributed by atoms with Crippen molar-refractivity contribution in [2.24, 2.45) is 7.05 Å². The Labute approximate surface area is 169 Å². The highest BCUT2D eigenvalue weighted by Crippen LogP contribution is 2.35. The molecule has 0 bridgehead atoms. The Hall–Kier alpha value is -3.48. The van der Waals surface area contributed by atoms with E-state index in [0.29, 0.717) is 5.95 Å². The van der Waals surface area contributed by atoms with Crippen molar-refractivity contribution in [2.45, 2.75) is 32.7 Å². The zero-order valence-electron chi connectivity index (χ0n) is 16.6. The molecule has 0 saturated carbocycles. The van der Waals surface area contributed by atoms with Crippen LogP contribution >= 0.6 is 0 Å². The first-order valence-corrected chi connectivity index (χ1v) is 9.96. The Bertz CT molecular complexity index is 1160. The first-order valence-electron chi connectivity index (χ1n) is 9.96. The predicted octanol–water partition coefficient (Wildman–Crippen LogP) is 3.53. The molecule has 5 rings (SSSR count). The standard InChI is InChI=1S/C22H23N7/c1-3-29-19(11-12-24-29)25-22-23-14-16-9-10-17-20(21(16)26-22)18(28(2)27-17)13-15-7-5-4-6-8-15/h4-8,11-12,14H,3,9-10,13H2,1-2H3,(H,23,25,26). The molecule has 0 amide bonds. The minimum absolute atomic E-state index is 0.585. The van der Waals surface area contributed by atoms with E-state index in [-0.39, 0.29) is 0 Å². The summed E-state index contributed by atoms with van der Waals surface area (Å²) in [4.78, 5) is 9.45. The van der Waals surface area contributed by atoms with Crippen LogP contribution in [0.2, 0.25) is 0 Å². The van der Waals surface area contributed by atoms with Gasteiger partial charge in [-0.1, -0.05) is 30.3 Å². The van der Waals surface area contributed by atoms with Crippen LogP contribution in [0.15, 0.2) is 48.8 Å². The molecule has 0 unspecified atom stereocenters. The van der Waals surface area contributed by atoms with Gasteiger partial charge in [-0.25, -0.2) is 14.6 Å². The van der Waals surface area contributed by atoms with Gasteiger partial charge < -0.3 is 5.32 Å². The van der Waals surface area contributed by atoms with Crippen molar-refractivity contribution in [3.05, 3.63) is 71.3 Å². The molecule has 0 radical (unpaired) electrons. The van der Waals surface area contributed by atoms with E-state index in [1.54, 1.807) is 6.20 Å². The normalized spacial score (nSPS) is 12.5. The minimum atomic E-state index is 0.585. The number of hydrogen-bond acceptors (Lipinski definition) is 5. The van der Waals surface area contributed by atoms with Gasteiger partial charge in [-0.15, -0.1) is 0 Å². The van der Waals surface area contributed by atoms with E-state index in [2.05, 4.69) is 46.6 Å². The summed E-state index contributed by atoms with van der Waals surface area (Å²) in [7, 11) is 2.02. The Morgan fingerprint density at radius 3 is 2.79 bits per heavy atom. The van der Waals surface area contributed by atoms with Crippen molar-refractivity contribution in [1.29, 1.82) is 0 Å². The number of aromatic nitrogens is 6. The van der Waals surface area contributed by atoms with E-state index in [9.17, 15) is 0 Å². The van der Waals surface area contributed by atoms with Crippen LogP contribution in [-0.4, -0.2) is 29.5 Å². The van der Waals surface area contributed by atoms with Crippen LogP contribution in [0.5, 0.6) is 0 Å². The molecule has 29 heavy (non-hydrogen) atoms. The molecule has 4 aromatic rings. The first kappa shape index (κ1) is 17.6. The largest absolute Gasteiger partial charge is 0.309 e. The molecular weight excluding hydrogens is 362 g/mol. The molecule has 146 valence electrons. The highest BCUT2D eigenvalue weighted by Gasteiger charge is 2.26. The van der Waals surface area contributed by atoms with E-state index in [4.69, 9.17) is 10.1 Å². The zero-order chi connectivity index (χ0) is 19.8. The summed E-state index contributed by atoms with van der Waals surface area (Å²) in [6.45, 7) is 2.85. The fraction of sp³-hybridized carbons (Fsp3) is 0.273. The molecule has 0 aliphatic heterocycles. The van der Waals surface area contributed by atoms with Gasteiger partial charge >= 0.3 is 0 Å². The Morgan fingerprint density at radius 1 is 1.10 bits per heavy atom. The van der Waals surface area contributed by atoms with Gasteiger partial charge in [0, 0.05) is 37.8 Å². The Balaban J connectivity index is 1.55. The van der Waals surface area contributed by atoms with E-state index in [1.165, 1.54) is 16.8 Å². The highest BCUT2D eigenvalue weighted by molar-refractivity contribution is 5.72. The molecule has 7 nitrogen and oxygen atoms in total. The number of anilines is 2. The number of benzene rings is 1. The summed E-state index contributed by atoms with van der Waals surface area (Å²) in [5.41, 5.74) is 6.90. The lowest BCUT2D eigenvalue weighted by Gasteiger charge is -2.17. The number of nitrogens with zero attached hydrogens (tertiary/aromatic N) is 6. The third-order valence-corrected chi connectivity index (χ3v) is 5.44. The summed E-state index contributed by atoms with van der Waals surface area (Å²) in [6, 6.07) is 12.4. The lowest BCUT2D eigenvalue weighted by atomic mass is 9.91. The van der Waals surface area contributed by atoms with Crippen molar-refractivity contribution in [3.63, 3.8) is 0 Å². The predicted molar refractivity (Wildman–Crippen MR) is 112 cm³/mol. The van der Waals surface area contributed by atoms with Gasteiger partial charge in [0.05, 0.1) is 23.3 Å². The molecular formula is C22H23N7. The molecule has 3 aromatic heterocycles. The molecule has 3 heterocycles. The molecule has 0 spiro atoms. The molecule has 7 heteroatoms. The number of rotatable bonds is 5. The van der Waals surface area contributed by atoms with Gasteiger partial charge in [-0.05, 0) is 30.9 Å². The van der Waals surface area contributed by atoms with Crippen LogP contribution < -0.4 is 5.32 Å². The van der Waals surface area contributed by atoms with Crippen LogP contribution in [0.3, 0.4) is 0 Å². The van der Waals surface area contributed by atoms with Gasteiger partial charge in [0.15, 0.2) is 0 Å². The van der Waals surface area contributed by atoms with Gasteiger partial charge in [-0.3, -0.25) is 4.68 Å². The molecule has 0 saturated heterocycles. The maximum atomic E-state index is 4.90. The lowest BCUT2D eigenvalue weighted by Crippen LogP contribution is -2.10. The molecule has 0 atom stereocenters.